The Morgan fingerprint density at radius 2 is 1.90 bits per heavy atom. The third-order valence-corrected chi connectivity index (χ3v) is 4.96. The number of H-pyrrole nitrogens is 1. The number of rotatable bonds is 5. The predicted octanol–water partition coefficient (Wildman–Crippen LogP) is 4.09. The second-order valence-corrected chi connectivity index (χ2v) is 7.05. The maximum atomic E-state index is 13.3. The summed E-state index contributed by atoms with van der Waals surface area (Å²) in [4.78, 5) is 34.6. The van der Waals surface area contributed by atoms with Crippen LogP contribution in [0.25, 0.3) is 10.9 Å². The Labute approximate surface area is 173 Å². The van der Waals surface area contributed by atoms with E-state index in [0.717, 1.165) is 10.9 Å². The highest BCUT2D eigenvalue weighted by Gasteiger charge is 2.20. The Morgan fingerprint density at radius 1 is 1.10 bits per heavy atom. The maximum absolute atomic E-state index is 13.3. The quantitative estimate of drug-likeness (QED) is 0.549. The number of nitrogens with one attached hydrogen (secondary N) is 1. The van der Waals surface area contributed by atoms with Crippen molar-refractivity contribution in [2.75, 3.05) is 12.0 Å². The lowest BCUT2D eigenvalue weighted by Gasteiger charge is -2.23. The summed E-state index contributed by atoms with van der Waals surface area (Å²) in [6, 6.07) is 18.4. The van der Waals surface area contributed by atoms with Crippen molar-refractivity contribution >= 4 is 22.5 Å². The first kappa shape index (κ1) is 19.4. The van der Waals surface area contributed by atoms with E-state index in [0.29, 0.717) is 28.1 Å². The Balaban J connectivity index is 1.76. The van der Waals surface area contributed by atoms with E-state index in [1.165, 1.54) is 6.20 Å². The first-order chi connectivity index (χ1) is 14.5. The molecule has 6 nitrogen and oxygen atoms in total. The molecular formula is C24H21N3O3. The van der Waals surface area contributed by atoms with Crippen LogP contribution < -0.4 is 15.2 Å². The summed E-state index contributed by atoms with van der Waals surface area (Å²) in [5, 5.41) is 0.864. The van der Waals surface area contributed by atoms with Crippen molar-refractivity contribution < 1.29 is 9.53 Å². The molecule has 2 aromatic carbocycles. The molecule has 0 fully saturated rings. The lowest BCUT2D eigenvalue weighted by molar-refractivity contribution is 0.0984. The molecule has 0 unspecified atom stereocenters. The molecule has 4 rings (SSSR count). The lowest BCUT2D eigenvalue weighted by atomic mass is 10.1. The van der Waals surface area contributed by atoms with Crippen LogP contribution in [0, 0.1) is 6.92 Å². The van der Waals surface area contributed by atoms with Crippen LogP contribution in [0.15, 0.2) is 77.9 Å². The summed E-state index contributed by atoms with van der Waals surface area (Å²) in [6.07, 6.45) is 3.15. The van der Waals surface area contributed by atoms with Gasteiger partial charge in [0.1, 0.15) is 5.75 Å². The number of hydrogen-bond acceptors (Lipinski definition) is 4. The number of anilines is 1. The monoisotopic (exact) mass is 399 g/mol. The molecule has 0 saturated heterocycles. The van der Waals surface area contributed by atoms with Gasteiger partial charge in [-0.1, -0.05) is 17.7 Å². The summed E-state index contributed by atoms with van der Waals surface area (Å²) in [6.45, 7) is 2.12. The van der Waals surface area contributed by atoms with Gasteiger partial charge in [-0.05, 0) is 54.8 Å². The summed E-state index contributed by atoms with van der Waals surface area (Å²) >= 11 is 0. The highest BCUT2D eigenvalue weighted by atomic mass is 16.5. The van der Waals surface area contributed by atoms with Crippen molar-refractivity contribution in [2.24, 2.45) is 0 Å². The van der Waals surface area contributed by atoms with E-state index < -0.39 is 0 Å². The third-order valence-electron chi connectivity index (χ3n) is 4.96. The van der Waals surface area contributed by atoms with Crippen LogP contribution in [0.2, 0.25) is 0 Å². The molecule has 30 heavy (non-hydrogen) atoms. The van der Waals surface area contributed by atoms with Crippen molar-refractivity contribution in [1.82, 2.24) is 9.97 Å². The SMILES string of the molecule is COc1ccc2cc(CN(C(=O)c3cccnc3)c3ccc(C)cc3)c(=O)[nH]c2c1. The molecule has 150 valence electrons. The molecule has 6 heteroatoms. The first-order valence-electron chi connectivity index (χ1n) is 9.53. The molecule has 1 amide bonds. The molecule has 0 aliphatic rings. The molecule has 2 heterocycles. The van der Waals surface area contributed by atoms with Crippen LogP contribution in [0.5, 0.6) is 5.75 Å². The summed E-state index contributed by atoms with van der Waals surface area (Å²) < 4.78 is 5.22. The number of aromatic nitrogens is 2. The van der Waals surface area contributed by atoms with Gasteiger partial charge >= 0.3 is 0 Å². The number of carbonyl (C=O) groups excluding carboxylic acids is 1. The summed E-state index contributed by atoms with van der Waals surface area (Å²) in [5.74, 6) is 0.445. The number of aryl methyl sites for hydroxylation is 1. The molecule has 0 aliphatic carbocycles. The zero-order chi connectivity index (χ0) is 21.1. The molecule has 4 aromatic rings. The van der Waals surface area contributed by atoms with E-state index in [4.69, 9.17) is 4.74 Å². The van der Waals surface area contributed by atoms with Crippen LogP contribution in [-0.4, -0.2) is 23.0 Å². The second-order valence-electron chi connectivity index (χ2n) is 7.05. The molecule has 0 bridgehead atoms. The van der Waals surface area contributed by atoms with Gasteiger partial charge in [0.05, 0.1) is 24.7 Å². The zero-order valence-electron chi connectivity index (χ0n) is 16.8. The molecule has 1 N–H and O–H groups in total. The smallest absolute Gasteiger partial charge is 0.260 e. The minimum Gasteiger partial charge on any atom is -0.497 e. The van der Waals surface area contributed by atoms with E-state index in [2.05, 4.69) is 9.97 Å². The minimum atomic E-state index is -0.244. The average Bonchev–Trinajstić information content (AvgIpc) is 2.78. The fourth-order valence-electron chi connectivity index (χ4n) is 3.29. The first-order valence-corrected chi connectivity index (χ1v) is 9.53. The van der Waals surface area contributed by atoms with Gasteiger partial charge < -0.3 is 14.6 Å². The number of carbonyl (C=O) groups is 1. The Kier molecular flexibility index (Phi) is 5.30. The normalized spacial score (nSPS) is 10.7. The standard InChI is InChI=1S/C24H21N3O3/c1-16-5-8-20(9-6-16)27(24(29)18-4-3-11-25-14-18)15-19-12-17-7-10-21(30-2)13-22(17)26-23(19)28/h3-14H,15H2,1-2H3,(H,26,28). The fourth-order valence-corrected chi connectivity index (χ4v) is 3.29. The number of hydrogen-bond donors (Lipinski definition) is 1. The van der Waals surface area contributed by atoms with E-state index in [-0.39, 0.29) is 18.0 Å². The van der Waals surface area contributed by atoms with Gasteiger partial charge in [0.15, 0.2) is 0 Å². The fraction of sp³-hybridized carbons (Fsp3) is 0.125. The van der Waals surface area contributed by atoms with Gasteiger partial charge in [0.2, 0.25) is 0 Å². The second kappa shape index (κ2) is 8.21. The third kappa shape index (κ3) is 3.93. The Hall–Kier alpha value is -3.93. The van der Waals surface area contributed by atoms with Gasteiger partial charge in [-0.25, -0.2) is 0 Å². The van der Waals surface area contributed by atoms with Gasteiger partial charge in [-0.3, -0.25) is 14.6 Å². The topological polar surface area (TPSA) is 75.3 Å². The maximum Gasteiger partial charge on any atom is 0.260 e. The van der Waals surface area contributed by atoms with Crippen molar-refractivity contribution in [3.63, 3.8) is 0 Å². The zero-order valence-corrected chi connectivity index (χ0v) is 16.8. The van der Waals surface area contributed by atoms with E-state index in [1.54, 1.807) is 36.4 Å². The van der Waals surface area contributed by atoms with Crippen LogP contribution in [0.4, 0.5) is 5.69 Å². The number of pyridine rings is 2. The molecular weight excluding hydrogens is 378 g/mol. The van der Waals surface area contributed by atoms with E-state index >= 15 is 0 Å². The number of ether oxygens (including phenoxy) is 1. The van der Waals surface area contributed by atoms with E-state index in [9.17, 15) is 9.59 Å². The van der Waals surface area contributed by atoms with Crippen LogP contribution >= 0.6 is 0 Å². The van der Waals surface area contributed by atoms with Gasteiger partial charge in [0, 0.05) is 29.7 Å². The van der Waals surface area contributed by atoms with Gasteiger partial charge in [-0.2, -0.15) is 0 Å². The van der Waals surface area contributed by atoms with Crippen LogP contribution in [0.3, 0.4) is 0 Å². The van der Waals surface area contributed by atoms with Crippen molar-refractivity contribution in [1.29, 1.82) is 0 Å². The Bertz CT molecular complexity index is 1250. The summed E-state index contributed by atoms with van der Waals surface area (Å²) in [7, 11) is 1.58. The number of aromatic amines is 1. The number of nitrogens with zero attached hydrogens (tertiary/aromatic N) is 2. The van der Waals surface area contributed by atoms with Crippen LogP contribution in [0.1, 0.15) is 21.5 Å². The number of fused-ring (bicyclic) bond motifs is 1. The Morgan fingerprint density at radius 3 is 2.60 bits per heavy atom. The number of benzene rings is 2. The predicted molar refractivity (Wildman–Crippen MR) is 117 cm³/mol. The van der Waals surface area contributed by atoms with Crippen LogP contribution in [-0.2, 0) is 6.54 Å². The molecule has 0 spiro atoms. The average molecular weight is 399 g/mol. The minimum absolute atomic E-state index is 0.133. The highest BCUT2D eigenvalue weighted by Crippen LogP contribution is 2.22. The highest BCUT2D eigenvalue weighted by molar-refractivity contribution is 6.05. The van der Waals surface area contributed by atoms with Gasteiger partial charge in [-0.15, -0.1) is 0 Å². The van der Waals surface area contributed by atoms with Crippen molar-refractivity contribution in [2.45, 2.75) is 13.5 Å². The largest absolute Gasteiger partial charge is 0.497 e. The number of methoxy groups -OCH3 is 1. The molecule has 0 saturated carbocycles. The van der Waals surface area contributed by atoms with Crippen molar-refractivity contribution in [3.8, 4) is 5.75 Å². The lowest BCUT2D eigenvalue weighted by Crippen LogP contribution is -2.33. The molecule has 0 atom stereocenters. The summed E-state index contributed by atoms with van der Waals surface area (Å²) in [5.41, 5.74) is 3.19. The molecule has 0 aliphatic heterocycles. The number of amides is 1. The van der Waals surface area contributed by atoms with Crippen molar-refractivity contribution in [3.05, 3.63) is 100 Å². The molecule has 0 radical (unpaired) electrons. The van der Waals surface area contributed by atoms with Gasteiger partial charge in [0.25, 0.3) is 11.5 Å². The molecule has 2 aromatic heterocycles. The van der Waals surface area contributed by atoms with E-state index in [1.807, 2.05) is 49.4 Å².